The van der Waals surface area contributed by atoms with Crippen molar-refractivity contribution < 1.29 is 9.13 Å². The Kier molecular flexibility index (Phi) is 6.61. The number of halogens is 1. The number of aryl methyl sites for hydroxylation is 1. The molecule has 0 saturated carbocycles. The lowest BCUT2D eigenvalue weighted by Crippen LogP contribution is -1.96. The first-order valence-corrected chi connectivity index (χ1v) is 11.1. The van der Waals surface area contributed by atoms with Crippen LogP contribution >= 0.6 is 0 Å². The molecule has 0 aliphatic heterocycles. The van der Waals surface area contributed by atoms with Crippen molar-refractivity contribution in [3.8, 4) is 28.1 Å². The Balaban J connectivity index is 1.54. The van der Waals surface area contributed by atoms with Crippen molar-refractivity contribution in [3.63, 3.8) is 0 Å². The molecule has 0 aliphatic rings. The third-order valence-electron chi connectivity index (χ3n) is 5.62. The minimum Gasteiger partial charge on any atom is -0.494 e. The second kappa shape index (κ2) is 9.74. The fourth-order valence-corrected chi connectivity index (χ4v) is 3.83. The van der Waals surface area contributed by atoms with Gasteiger partial charge in [0.2, 0.25) is 0 Å². The smallest absolute Gasteiger partial charge is 0.123 e. The molecule has 0 bridgehead atoms. The van der Waals surface area contributed by atoms with Crippen LogP contribution in [0.1, 0.15) is 38.7 Å². The van der Waals surface area contributed by atoms with Crippen molar-refractivity contribution in [3.05, 3.63) is 84.2 Å². The van der Waals surface area contributed by atoms with E-state index in [0.717, 1.165) is 64.0 Å². The first-order valence-electron chi connectivity index (χ1n) is 11.1. The summed E-state index contributed by atoms with van der Waals surface area (Å²) in [5, 5.41) is 0.889. The lowest BCUT2D eigenvalue weighted by molar-refractivity contribution is 0.306. The fourth-order valence-electron chi connectivity index (χ4n) is 3.83. The molecule has 3 heteroatoms. The molecule has 2 nitrogen and oxygen atoms in total. The number of rotatable bonds is 8. The first-order chi connectivity index (χ1) is 15.2. The van der Waals surface area contributed by atoms with Gasteiger partial charge in [-0.15, -0.1) is 0 Å². The predicted octanol–water partition coefficient (Wildman–Crippen LogP) is 7.84. The monoisotopic (exact) mass is 413 g/mol. The molecular formula is C28H28FNO. The Hall–Kier alpha value is -3.20. The van der Waals surface area contributed by atoms with Gasteiger partial charge in [0.25, 0.3) is 0 Å². The second-order valence-electron chi connectivity index (χ2n) is 7.84. The number of aromatic nitrogens is 1. The molecule has 3 aromatic carbocycles. The van der Waals surface area contributed by atoms with Crippen molar-refractivity contribution in [2.45, 2.75) is 39.5 Å². The summed E-state index contributed by atoms with van der Waals surface area (Å²) in [7, 11) is 0. The van der Waals surface area contributed by atoms with E-state index >= 15 is 0 Å². The lowest BCUT2D eigenvalue weighted by atomic mass is 10.00. The van der Waals surface area contributed by atoms with Gasteiger partial charge in [0.05, 0.1) is 17.8 Å². The Morgan fingerprint density at radius 1 is 0.774 bits per heavy atom. The predicted molar refractivity (Wildman–Crippen MR) is 127 cm³/mol. The number of hydrogen-bond acceptors (Lipinski definition) is 2. The van der Waals surface area contributed by atoms with Crippen LogP contribution in [0.25, 0.3) is 33.3 Å². The zero-order valence-corrected chi connectivity index (χ0v) is 18.2. The van der Waals surface area contributed by atoms with E-state index in [1.165, 1.54) is 18.9 Å². The molecule has 0 fully saturated rings. The molecule has 4 rings (SSSR count). The maximum absolute atomic E-state index is 13.7. The molecule has 0 saturated heterocycles. The zero-order valence-electron chi connectivity index (χ0n) is 18.2. The van der Waals surface area contributed by atoms with Gasteiger partial charge in [0, 0.05) is 10.9 Å². The van der Waals surface area contributed by atoms with Crippen molar-refractivity contribution in [2.24, 2.45) is 0 Å². The van der Waals surface area contributed by atoms with Gasteiger partial charge in [-0.3, -0.25) is 0 Å². The maximum atomic E-state index is 13.7. The van der Waals surface area contributed by atoms with Gasteiger partial charge in [-0.05, 0) is 65.9 Å². The van der Waals surface area contributed by atoms with Crippen molar-refractivity contribution in [1.82, 2.24) is 4.98 Å². The van der Waals surface area contributed by atoms with E-state index in [0.29, 0.717) is 0 Å². The summed E-state index contributed by atoms with van der Waals surface area (Å²) in [5.41, 5.74) is 6.22. The van der Waals surface area contributed by atoms with E-state index in [-0.39, 0.29) is 5.82 Å². The molecule has 0 unspecified atom stereocenters. The Labute approximate surface area is 183 Å². The molecule has 4 aromatic rings. The Morgan fingerprint density at radius 3 is 2.13 bits per heavy atom. The van der Waals surface area contributed by atoms with Crippen LogP contribution in [0, 0.1) is 5.82 Å². The van der Waals surface area contributed by atoms with Crippen LogP contribution in [0.3, 0.4) is 0 Å². The number of nitrogens with zero attached hydrogens (tertiary/aromatic N) is 1. The summed E-state index contributed by atoms with van der Waals surface area (Å²) in [4.78, 5) is 4.77. The number of unbranched alkanes of at least 4 members (excludes halogenated alkanes) is 2. The summed E-state index contributed by atoms with van der Waals surface area (Å²) in [5.74, 6) is 0.693. The molecule has 0 amide bonds. The van der Waals surface area contributed by atoms with E-state index in [4.69, 9.17) is 9.72 Å². The third kappa shape index (κ3) is 4.93. The molecule has 31 heavy (non-hydrogen) atoms. The SMILES string of the molecule is CCCCCOc1ccc(-c2ccc(-c3cc(CC)c4cc(F)ccc4n3)cc2)cc1. The zero-order chi connectivity index (χ0) is 21.6. The summed E-state index contributed by atoms with van der Waals surface area (Å²) in [6.45, 7) is 5.05. The van der Waals surface area contributed by atoms with Gasteiger partial charge in [-0.25, -0.2) is 9.37 Å². The van der Waals surface area contributed by atoms with Crippen LogP contribution < -0.4 is 4.74 Å². The quantitative estimate of drug-likeness (QED) is 0.275. The first kappa shape index (κ1) is 21.0. The van der Waals surface area contributed by atoms with Crippen LogP contribution in [0.4, 0.5) is 4.39 Å². The highest BCUT2D eigenvalue weighted by atomic mass is 19.1. The highest BCUT2D eigenvalue weighted by Crippen LogP contribution is 2.29. The fraction of sp³-hybridized carbons (Fsp3) is 0.250. The standard InChI is InChI=1S/C28H28FNO/c1-3-5-6-17-31-25-14-11-22(12-15-25)21-7-9-23(10-8-21)28-18-20(4-2)26-19-24(29)13-16-27(26)30-28/h7-16,18-19H,3-6,17H2,1-2H3. The van der Waals surface area contributed by atoms with Gasteiger partial charge >= 0.3 is 0 Å². The highest BCUT2D eigenvalue weighted by molar-refractivity contribution is 5.85. The largest absolute Gasteiger partial charge is 0.494 e. The van der Waals surface area contributed by atoms with Crippen molar-refractivity contribution in [1.29, 1.82) is 0 Å². The van der Waals surface area contributed by atoms with Gasteiger partial charge in [0.1, 0.15) is 11.6 Å². The van der Waals surface area contributed by atoms with E-state index in [9.17, 15) is 4.39 Å². The topological polar surface area (TPSA) is 22.1 Å². The van der Waals surface area contributed by atoms with E-state index in [1.807, 2.05) is 12.1 Å². The summed E-state index contributed by atoms with van der Waals surface area (Å²) >= 11 is 0. The second-order valence-corrected chi connectivity index (χ2v) is 7.84. The summed E-state index contributed by atoms with van der Waals surface area (Å²) < 4.78 is 19.5. The van der Waals surface area contributed by atoms with E-state index in [2.05, 4.69) is 56.3 Å². The number of hydrogen-bond donors (Lipinski definition) is 0. The normalized spacial score (nSPS) is 11.1. The van der Waals surface area contributed by atoms with E-state index < -0.39 is 0 Å². The highest BCUT2D eigenvalue weighted by Gasteiger charge is 2.08. The molecule has 0 aliphatic carbocycles. The molecule has 0 atom stereocenters. The molecule has 0 radical (unpaired) electrons. The van der Waals surface area contributed by atoms with Crippen LogP contribution in [-0.2, 0) is 6.42 Å². The lowest BCUT2D eigenvalue weighted by Gasteiger charge is -2.10. The molecule has 0 spiro atoms. The van der Waals surface area contributed by atoms with Gasteiger partial charge in [-0.1, -0.05) is 63.1 Å². The van der Waals surface area contributed by atoms with Crippen LogP contribution in [-0.4, -0.2) is 11.6 Å². The third-order valence-corrected chi connectivity index (χ3v) is 5.62. The van der Waals surface area contributed by atoms with Gasteiger partial charge < -0.3 is 4.74 Å². The van der Waals surface area contributed by atoms with Crippen molar-refractivity contribution in [2.75, 3.05) is 6.61 Å². The van der Waals surface area contributed by atoms with Gasteiger partial charge in [0.15, 0.2) is 0 Å². The molecule has 0 N–H and O–H groups in total. The average Bonchev–Trinajstić information content (AvgIpc) is 2.82. The molecule has 1 aromatic heterocycles. The molecule has 1 heterocycles. The summed E-state index contributed by atoms with van der Waals surface area (Å²) in [6.07, 6.45) is 4.33. The van der Waals surface area contributed by atoms with Gasteiger partial charge in [-0.2, -0.15) is 0 Å². The summed E-state index contributed by atoms with van der Waals surface area (Å²) in [6, 6.07) is 23.6. The number of benzene rings is 3. The van der Waals surface area contributed by atoms with Crippen LogP contribution in [0.2, 0.25) is 0 Å². The average molecular weight is 414 g/mol. The van der Waals surface area contributed by atoms with Crippen molar-refractivity contribution >= 4 is 10.9 Å². The van der Waals surface area contributed by atoms with E-state index in [1.54, 1.807) is 12.1 Å². The number of fused-ring (bicyclic) bond motifs is 1. The maximum Gasteiger partial charge on any atom is 0.123 e. The number of ether oxygens (including phenoxy) is 1. The minimum absolute atomic E-state index is 0.224. The molecule has 158 valence electrons. The van der Waals surface area contributed by atoms with Crippen LogP contribution in [0.15, 0.2) is 72.8 Å². The Bertz CT molecular complexity index is 1150. The minimum atomic E-state index is -0.224. The Morgan fingerprint density at radius 2 is 1.45 bits per heavy atom. The molecular weight excluding hydrogens is 385 g/mol. The van der Waals surface area contributed by atoms with Crippen LogP contribution in [0.5, 0.6) is 5.75 Å². The number of pyridine rings is 1.